The fraction of sp³-hybridized carbons (Fsp3) is 0.286. The third-order valence-electron chi connectivity index (χ3n) is 4.97. The first-order chi connectivity index (χ1) is 12.9. The van der Waals surface area contributed by atoms with E-state index in [1.165, 1.54) is 4.90 Å². The molecule has 0 fully saturated rings. The molecule has 2 aromatic rings. The molecular formula is C21H23N3O3. The van der Waals surface area contributed by atoms with E-state index >= 15 is 0 Å². The van der Waals surface area contributed by atoms with E-state index < -0.39 is 5.92 Å². The van der Waals surface area contributed by atoms with Crippen LogP contribution in [0, 0.1) is 13.8 Å². The van der Waals surface area contributed by atoms with E-state index in [1.807, 2.05) is 56.3 Å². The third kappa shape index (κ3) is 4.00. The van der Waals surface area contributed by atoms with Gasteiger partial charge in [0.05, 0.1) is 12.5 Å². The van der Waals surface area contributed by atoms with Crippen molar-refractivity contribution in [3.05, 3.63) is 59.2 Å². The predicted molar refractivity (Wildman–Crippen MR) is 105 cm³/mol. The fourth-order valence-corrected chi connectivity index (χ4v) is 3.19. The van der Waals surface area contributed by atoms with Gasteiger partial charge in [0.1, 0.15) is 0 Å². The molecule has 0 aromatic heterocycles. The average Bonchev–Trinajstić information content (AvgIpc) is 2.94. The van der Waals surface area contributed by atoms with Crippen LogP contribution in [0.4, 0.5) is 11.4 Å². The minimum atomic E-state index is -0.516. The summed E-state index contributed by atoms with van der Waals surface area (Å²) in [5, 5.41) is 5.63. The number of para-hydroxylation sites is 1. The number of rotatable bonds is 5. The monoisotopic (exact) mass is 365 g/mol. The van der Waals surface area contributed by atoms with Gasteiger partial charge in [0.2, 0.25) is 17.7 Å². The normalized spacial score (nSPS) is 15.1. The number of amides is 3. The van der Waals surface area contributed by atoms with E-state index in [1.54, 1.807) is 7.05 Å². The van der Waals surface area contributed by atoms with Crippen molar-refractivity contribution in [2.24, 2.45) is 0 Å². The van der Waals surface area contributed by atoms with Crippen molar-refractivity contribution in [1.82, 2.24) is 4.90 Å². The molecule has 1 unspecified atom stereocenters. The highest BCUT2D eigenvalue weighted by Gasteiger charge is 2.32. The van der Waals surface area contributed by atoms with Gasteiger partial charge in [-0.2, -0.15) is 0 Å². The highest BCUT2D eigenvalue weighted by atomic mass is 16.2. The number of likely N-dealkylation sites (N-methyl/N-ethyl adjacent to an activating group) is 1. The van der Waals surface area contributed by atoms with E-state index in [0.717, 1.165) is 28.1 Å². The Labute approximate surface area is 158 Å². The largest absolute Gasteiger partial charge is 0.336 e. The van der Waals surface area contributed by atoms with Crippen LogP contribution in [0.3, 0.4) is 0 Å². The van der Waals surface area contributed by atoms with Gasteiger partial charge < -0.3 is 15.5 Å². The molecule has 1 heterocycles. The van der Waals surface area contributed by atoms with Gasteiger partial charge in [0.15, 0.2) is 0 Å². The van der Waals surface area contributed by atoms with Crippen LogP contribution in [-0.2, 0) is 14.4 Å². The zero-order valence-corrected chi connectivity index (χ0v) is 15.7. The van der Waals surface area contributed by atoms with E-state index in [2.05, 4.69) is 10.6 Å². The summed E-state index contributed by atoms with van der Waals surface area (Å²) in [6.07, 6.45) is 0.0378. The maximum atomic E-state index is 12.5. The lowest BCUT2D eigenvalue weighted by Gasteiger charge is -2.19. The Bertz CT molecular complexity index is 907. The Morgan fingerprint density at radius 3 is 2.63 bits per heavy atom. The highest BCUT2D eigenvalue weighted by Crippen LogP contribution is 2.34. The number of aryl methyl sites for hydroxylation is 1. The maximum Gasteiger partial charge on any atom is 0.243 e. The van der Waals surface area contributed by atoms with E-state index in [4.69, 9.17) is 0 Å². The minimum absolute atomic E-state index is 0.0378. The summed E-state index contributed by atoms with van der Waals surface area (Å²) in [6, 6.07) is 13.0. The molecule has 0 radical (unpaired) electrons. The number of anilines is 2. The standard InChI is InChI=1S/C21H23N3O3/c1-13-7-6-10-17(14(13)2)22-19(25)12-24(3)20(26)11-16-15-8-4-5-9-18(15)23-21(16)27/h4-10,16H,11-12H2,1-3H3,(H,22,25)(H,23,27). The first-order valence-corrected chi connectivity index (χ1v) is 8.86. The van der Waals surface area contributed by atoms with Crippen molar-refractivity contribution >= 4 is 29.1 Å². The smallest absolute Gasteiger partial charge is 0.243 e. The van der Waals surface area contributed by atoms with Crippen LogP contribution in [0.5, 0.6) is 0 Å². The number of nitrogens with one attached hydrogen (secondary N) is 2. The molecule has 1 aliphatic rings. The van der Waals surface area contributed by atoms with Gasteiger partial charge >= 0.3 is 0 Å². The van der Waals surface area contributed by atoms with Crippen molar-refractivity contribution in [3.8, 4) is 0 Å². The molecule has 0 spiro atoms. The van der Waals surface area contributed by atoms with Gasteiger partial charge in [-0.15, -0.1) is 0 Å². The second kappa shape index (κ2) is 7.61. The number of carbonyl (C=O) groups is 3. The number of fused-ring (bicyclic) bond motifs is 1. The van der Waals surface area contributed by atoms with Gasteiger partial charge in [-0.05, 0) is 42.7 Å². The van der Waals surface area contributed by atoms with Crippen LogP contribution in [0.15, 0.2) is 42.5 Å². The first-order valence-electron chi connectivity index (χ1n) is 8.86. The molecule has 3 amide bonds. The lowest BCUT2D eigenvalue weighted by atomic mass is 9.97. The summed E-state index contributed by atoms with van der Waals surface area (Å²) in [4.78, 5) is 38.4. The van der Waals surface area contributed by atoms with Crippen LogP contribution in [0.2, 0.25) is 0 Å². The van der Waals surface area contributed by atoms with Crippen molar-refractivity contribution in [2.45, 2.75) is 26.2 Å². The molecule has 0 aliphatic carbocycles. The molecule has 1 aliphatic heterocycles. The Morgan fingerprint density at radius 2 is 1.85 bits per heavy atom. The lowest BCUT2D eigenvalue weighted by molar-refractivity contribution is -0.134. The molecular weight excluding hydrogens is 342 g/mol. The summed E-state index contributed by atoms with van der Waals surface area (Å²) >= 11 is 0. The zero-order chi connectivity index (χ0) is 19.6. The Morgan fingerprint density at radius 1 is 1.11 bits per heavy atom. The number of nitrogens with zero attached hydrogens (tertiary/aromatic N) is 1. The fourth-order valence-electron chi connectivity index (χ4n) is 3.19. The molecule has 0 bridgehead atoms. The summed E-state index contributed by atoms with van der Waals surface area (Å²) in [5.74, 6) is -1.21. The summed E-state index contributed by atoms with van der Waals surface area (Å²) in [5.41, 5.74) is 4.40. The van der Waals surface area contributed by atoms with E-state index in [-0.39, 0.29) is 30.7 Å². The molecule has 0 saturated carbocycles. The minimum Gasteiger partial charge on any atom is -0.336 e. The van der Waals surface area contributed by atoms with Gasteiger partial charge in [-0.3, -0.25) is 14.4 Å². The van der Waals surface area contributed by atoms with Gasteiger partial charge in [-0.1, -0.05) is 30.3 Å². The third-order valence-corrected chi connectivity index (χ3v) is 4.97. The van der Waals surface area contributed by atoms with E-state index in [9.17, 15) is 14.4 Å². The molecule has 6 nitrogen and oxygen atoms in total. The topological polar surface area (TPSA) is 78.5 Å². The molecule has 140 valence electrons. The van der Waals surface area contributed by atoms with Gasteiger partial charge in [-0.25, -0.2) is 0 Å². The Hall–Kier alpha value is -3.15. The predicted octanol–water partition coefficient (Wildman–Crippen LogP) is 2.83. The molecule has 27 heavy (non-hydrogen) atoms. The lowest BCUT2D eigenvalue weighted by Crippen LogP contribution is -2.36. The van der Waals surface area contributed by atoms with E-state index in [0.29, 0.717) is 0 Å². The molecule has 2 N–H and O–H groups in total. The van der Waals surface area contributed by atoms with Crippen molar-refractivity contribution < 1.29 is 14.4 Å². The van der Waals surface area contributed by atoms with Crippen LogP contribution >= 0.6 is 0 Å². The van der Waals surface area contributed by atoms with Crippen molar-refractivity contribution in [3.63, 3.8) is 0 Å². The van der Waals surface area contributed by atoms with Gasteiger partial charge in [0, 0.05) is 24.8 Å². The SMILES string of the molecule is Cc1cccc(NC(=O)CN(C)C(=O)CC2C(=O)Nc3ccccc32)c1C. The second-order valence-corrected chi connectivity index (χ2v) is 6.88. The second-order valence-electron chi connectivity index (χ2n) is 6.88. The van der Waals surface area contributed by atoms with Crippen LogP contribution < -0.4 is 10.6 Å². The molecule has 1 atom stereocenters. The number of benzene rings is 2. The molecule has 6 heteroatoms. The van der Waals surface area contributed by atoms with Crippen LogP contribution in [-0.4, -0.2) is 36.2 Å². The quantitative estimate of drug-likeness (QED) is 0.855. The number of carbonyl (C=O) groups excluding carboxylic acids is 3. The average molecular weight is 365 g/mol. The number of hydrogen-bond donors (Lipinski definition) is 2. The summed E-state index contributed by atoms with van der Waals surface area (Å²) in [7, 11) is 1.57. The van der Waals surface area contributed by atoms with Gasteiger partial charge in [0.25, 0.3) is 0 Å². The summed E-state index contributed by atoms with van der Waals surface area (Å²) < 4.78 is 0. The summed E-state index contributed by atoms with van der Waals surface area (Å²) in [6.45, 7) is 3.85. The van der Waals surface area contributed by atoms with Crippen molar-refractivity contribution in [1.29, 1.82) is 0 Å². The molecule has 3 rings (SSSR count). The van der Waals surface area contributed by atoms with Crippen LogP contribution in [0.1, 0.15) is 29.0 Å². The Balaban J connectivity index is 1.60. The zero-order valence-electron chi connectivity index (χ0n) is 15.7. The Kier molecular flexibility index (Phi) is 5.26. The van der Waals surface area contributed by atoms with Crippen molar-refractivity contribution in [2.75, 3.05) is 24.2 Å². The molecule has 2 aromatic carbocycles. The maximum absolute atomic E-state index is 12.5. The molecule has 0 saturated heterocycles. The first kappa shape index (κ1) is 18.6. The number of hydrogen-bond acceptors (Lipinski definition) is 3. The highest BCUT2D eigenvalue weighted by molar-refractivity contribution is 6.05. The van der Waals surface area contributed by atoms with Crippen LogP contribution in [0.25, 0.3) is 0 Å².